The smallest absolute Gasteiger partial charge is 0.331 e. The van der Waals surface area contributed by atoms with Crippen LogP contribution in [-0.2, 0) is 9.59 Å². The summed E-state index contributed by atoms with van der Waals surface area (Å²) in [5.41, 5.74) is -0.405. The van der Waals surface area contributed by atoms with Gasteiger partial charge in [-0.3, -0.25) is 9.69 Å². The number of piperazine rings is 1. The van der Waals surface area contributed by atoms with Crippen LogP contribution in [0.15, 0.2) is 23.4 Å². The van der Waals surface area contributed by atoms with Crippen molar-refractivity contribution in [1.82, 2.24) is 9.80 Å². The molecule has 7 nitrogen and oxygen atoms in total. The van der Waals surface area contributed by atoms with Gasteiger partial charge in [0, 0.05) is 44.0 Å². The number of hydrogen-bond acceptors (Lipinski definition) is 5. The van der Waals surface area contributed by atoms with Crippen molar-refractivity contribution in [3.63, 3.8) is 0 Å². The molecule has 0 radical (unpaired) electrons. The molecule has 1 saturated heterocycles. The average molecular weight is 310 g/mol. The zero-order valence-electron chi connectivity index (χ0n) is 12.7. The molecule has 122 valence electrons. The highest BCUT2D eigenvalue weighted by Crippen LogP contribution is 2.35. The molecule has 7 heteroatoms. The third kappa shape index (κ3) is 3.48. The van der Waals surface area contributed by atoms with E-state index in [2.05, 4.69) is 4.90 Å². The molecule has 1 unspecified atom stereocenters. The van der Waals surface area contributed by atoms with Gasteiger partial charge in [-0.1, -0.05) is 0 Å². The number of carbonyl (C=O) groups is 2. The topological polar surface area (TPSA) is 101 Å². The van der Waals surface area contributed by atoms with Crippen LogP contribution in [0.2, 0.25) is 0 Å². The van der Waals surface area contributed by atoms with Gasteiger partial charge in [-0.25, -0.2) is 4.79 Å². The minimum absolute atomic E-state index is 0.00829. The molecule has 1 heterocycles. The van der Waals surface area contributed by atoms with E-state index in [9.17, 15) is 19.8 Å². The summed E-state index contributed by atoms with van der Waals surface area (Å²) in [6.45, 7) is 5.18. The van der Waals surface area contributed by atoms with Crippen molar-refractivity contribution >= 4 is 11.9 Å². The fraction of sp³-hybridized carbons (Fsp3) is 0.600. The summed E-state index contributed by atoms with van der Waals surface area (Å²) in [5, 5.41) is 27.6. The molecule has 0 aromatic heterocycles. The standard InChI is InChI=1S/C15H22N2O5/c1-15(14(21)22)9-11(13(19)20)8-12(10-15)17-4-2-16(3-5-17)6-7-18/h8,10,18H,2-7,9H2,1H3,(H,19,20)(H,21,22). The van der Waals surface area contributed by atoms with Gasteiger partial charge in [0.2, 0.25) is 0 Å². The van der Waals surface area contributed by atoms with E-state index >= 15 is 0 Å². The maximum absolute atomic E-state index is 11.5. The highest BCUT2D eigenvalue weighted by Gasteiger charge is 2.37. The Balaban J connectivity index is 2.19. The number of nitrogens with zero attached hydrogens (tertiary/aromatic N) is 2. The maximum Gasteiger partial charge on any atom is 0.331 e. The molecule has 1 aliphatic heterocycles. The second-order valence-electron chi connectivity index (χ2n) is 6.00. The number of carboxylic acids is 2. The van der Waals surface area contributed by atoms with Crippen LogP contribution < -0.4 is 0 Å². The number of rotatable bonds is 5. The summed E-state index contributed by atoms with van der Waals surface area (Å²) in [5.74, 6) is -2.09. The zero-order valence-corrected chi connectivity index (χ0v) is 12.7. The number of aliphatic hydroxyl groups excluding tert-OH is 1. The average Bonchev–Trinajstić information content (AvgIpc) is 2.47. The molecule has 0 bridgehead atoms. The van der Waals surface area contributed by atoms with Crippen molar-refractivity contribution < 1.29 is 24.9 Å². The van der Waals surface area contributed by atoms with Crippen LogP contribution in [0.3, 0.4) is 0 Å². The van der Waals surface area contributed by atoms with E-state index in [1.165, 1.54) is 0 Å². The first-order valence-corrected chi connectivity index (χ1v) is 7.34. The number of hydrogen-bond donors (Lipinski definition) is 3. The Bertz CT molecular complexity index is 520. The van der Waals surface area contributed by atoms with Crippen LogP contribution in [0.4, 0.5) is 0 Å². The van der Waals surface area contributed by atoms with Crippen molar-refractivity contribution in [2.75, 3.05) is 39.3 Å². The molecule has 0 aromatic carbocycles. The van der Waals surface area contributed by atoms with Crippen LogP contribution in [0, 0.1) is 5.41 Å². The molecule has 3 N–H and O–H groups in total. The zero-order chi connectivity index (χ0) is 16.3. The molecule has 1 fully saturated rings. The summed E-state index contributed by atoms with van der Waals surface area (Å²) in [6, 6.07) is 0. The first-order valence-electron chi connectivity index (χ1n) is 7.34. The maximum atomic E-state index is 11.5. The number of β-amino-alcohol motifs (C(OH)–C–C–N with tert-alkyl or cyclic N) is 1. The highest BCUT2D eigenvalue weighted by molar-refractivity contribution is 5.90. The summed E-state index contributed by atoms with van der Waals surface area (Å²) in [7, 11) is 0. The summed E-state index contributed by atoms with van der Waals surface area (Å²) in [6.07, 6.45) is 3.23. The fourth-order valence-corrected chi connectivity index (χ4v) is 2.87. The Labute approximate surface area is 129 Å². The Kier molecular flexibility index (Phi) is 4.87. The van der Waals surface area contributed by atoms with E-state index in [1.54, 1.807) is 19.1 Å². The Morgan fingerprint density at radius 3 is 2.36 bits per heavy atom. The summed E-state index contributed by atoms with van der Waals surface area (Å²) < 4.78 is 0. The van der Waals surface area contributed by atoms with Crippen LogP contribution in [0.5, 0.6) is 0 Å². The Hall–Kier alpha value is -1.86. The van der Waals surface area contributed by atoms with Crippen molar-refractivity contribution in [2.45, 2.75) is 13.3 Å². The van der Waals surface area contributed by atoms with Crippen LogP contribution in [0.1, 0.15) is 13.3 Å². The van der Waals surface area contributed by atoms with Crippen molar-refractivity contribution in [1.29, 1.82) is 0 Å². The molecule has 22 heavy (non-hydrogen) atoms. The molecule has 0 spiro atoms. The number of allylic oxidation sites excluding steroid dienone is 1. The third-order valence-electron chi connectivity index (χ3n) is 4.26. The predicted octanol–water partition coefficient (Wildman–Crippen LogP) is -0.0142. The molecule has 0 amide bonds. The molecule has 0 saturated carbocycles. The third-order valence-corrected chi connectivity index (χ3v) is 4.26. The van der Waals surface area contributed by atoms with Crippen LogP contribution in [-0.4, -0.2) is 76.4 Å². The van der Waals surface area contributed by atoms with E-state index in [1.807, 2.05) is 4.90 Å². The van der Waals surface area contributed by atoms with Gasteiger partial charge in [-0.05, 0) is 25.5 Å². The lowest BCUT2D eigenvalue weighted by atomic mass is 9.79. The van der Waals surface area contributed by atoms with Gasteiger partial charge < -0.3 is 20.2 Å². The minimum atomic E-state index is -1.19. The lowest BCUT2D eigenvalue weighted by Gasteiger charge is -2.38. The lowest BCUT2D eigenvalue weighted by Crippen LogP contribution is -2.47. The quantitative estimate of drug-likeness (QED) is 0.656. The van der Waals surface area contributed by atoms with Gasteiger partial charge in [0.25, 0.3) is 0 Å². The van der Waals surface area contributed by atoms with Crippen LogP contribution in [0.25, 0.3) is 0 Å². The van der Waals surface area contributed by atoms with Gasteiger partial charge in [-0.15, -0.1) is 0 Å². The molecular weight excluding hydrogens is 288 g/mol. The van der Waals surface area contributed by atoms with Gasteiger partial charge in [-0.2, -0.15) is 0 Å². The highest BCUT2D eigenvalue weighted by atomic mass is 16.4. The van der Waals surface area contributed by atoms with E-state index in [0.717, 1.165) is 13.1 Å². The molecular formula is C15H22N2O5. The summed E-state index contributed by atoms with van der Waals surface area (Å²) >= 11 is 0. The first kappa shape index (κ1) is 16.5. The Morgan fingerprint density at radius 1 is 1.23 bits per heavy atom. The molecule has 0 aromatic rings. The predicted molar refractivity (Wildman–Crippen MR) is 79.3 cm³/mol. The first-order chi connectivity index (χ1) is 10.4. The second-order valence-corrected chi connectivity index (χ2v) is 6.00. The van der Waals surface area contributed by atoms with Crippen molar-refractivity contribution in [3.05, 3.63) is 23.4 Å². The van der Waals surface area contributed by atoms with Crippen molar-refractivity contribution in [2.24, 2.45) is 5.41 Å². The van der Waals surface area contributed by atoms with Gasteiger partial charge in [0.15, 0.2) is 0 Å². The van der Waals surface area contributed by atoms with E-state index in [4.69, 9.17) is 5.11 Å². The SMILES string of the molecule is CC1(C(=O)O)C=C(N2CCN(CCO)CC2)C=C(C(=O)O)C1. The van der Waals surface area contributed by atoms with Gasteiger partial charge >= 0.3 is 11.9 Å². The fourth-order valence-electron chi connectivity index (χ4n) is 2.87. The van der Waals surface area contributed by atoms with Gasteiger partial charge in [0.05, 0.1) is 12.0 Å². The monoisotopic (exact) mass is 310 g/mol. The molecule has 1 atom stereocenters. The molecule has 2 rings (SSSR count). The number of aliphatic hydroxyl groups is 1. The molecule has 2 aliphatic rings. The van der Waals surface area contributed by atoms with Crippen molar-refractivity contribution in [3.8, 4) is 0 Å². The largest absolute Gasteiger partial charge is 0.481 e. The summed E-state index contributed by atoms with van der Waals surface area (Å²) in [4.78, 5) is 26.9. The minimum Gasteiger partial charge on any atom is -0.481 e. The second kappa shape index (κ2) is 6.50. The van der Waals surface area contributed by atoms with E-state index in [-0.39, 0.29) is 18.6 Å². The normalized spacial score (nSPS) is 26.4. The van der Waals surface area contributed by atoms with E-state index in [0.29, 0.717) is 25.3 Å². The van der Waals surface area contributed by atoms with Crippen LogP contribution >= 0.6 is 0 Å². The van der Waals surface area contributed by atoms with Gasteiger partial charge in [0.1, 0.15) is 0 Å². The number of carboxylic acid groups (broad SMARTS) is 2. The Morgan fingerprint density at radius 2 is 1.86 bits per heavy atom. The number of aliphatic carboxylic acids is 2. The lowest BCUT2D eigenvalue weighted by molar-refractivity contribution is -0.145. The van der Waals surface area contributed by atoms with E-state index < -0.39 is 17.4 Å². The molecule has 1 aliphatic carbocycles.